The molecule has 2 amide bonds. The highest BCUT2D eigenvalue weighted by molar-refractivity contribution is 5.89. The van der Waals surface area contributed by atoms with Gasteiger partial charge in [0.15, 0.2) is 0 Å². The van der Waals surface area contributed by atoms with Crippen molar-refractivity contribution < 1.29 is 9.59 Å². The molecule has 0 aliphatic rings. The molecule has 2 N–H and O–H groups in total. The van der Waals surface area contributed by atoms with E-state index in [1.54, 1.807) is 6.20 Å². The van der Waals surface area contributed by atoms with Crippen LogP contribution in [0.3, 0.4) is 0 Å². The molecule has 150 valence electrons. The summed E-state index contributed by atoms with van der Waals surface area (Å²) in [4.78, 5) is 28.7. The number of carbonyl (C=O) groups is 2. The van der Waals surface area contributed by atoms with Crippen LogP contribution in [-0.4, -0.2) is 21.4 Å². The van der Waals surface area contributed by atoms with Crippen LogP contribution in [0.1, 0.15) is 37.8 Å². The van der Waals surface area contributed by atoms with E-state index in [-0.39, 0.29) is 24.3 Å². The minimum absolute atomic E-state index is 0.0542. The summed E-state index contributed by atoms with van der Waals surface area (Å²) in [5, 5.41) is 5.79. The summed E-state index contributed by atoms with van der Waals surface area (Å²) in [5.74, 6) is 0.288. The standard InChI is InChI=1S/C23H26N4O2/c1-17(18-10-5-3-6-11-18)25-21(28)14-9-15-22(29)26-23-24-16-20(27(23)2)19-12-7-4-8-13-19/h3-8,10-13,16-17H,9,14-15H2,1-2H3,(H,25,28)(H,24,26,29)/t17-/m0/s1. The van der Waals surface area contributed by atoms with Gasteiger partial charge in [-0.3, -0.25) is 14.9 Å². The van der Waals surface area contributed by atoms with E-state index >= 15 is 0 Å². The molecule has 1 atom stereocenters. The van der Waals surface area contributed by atoms with Gasteiger partial charge in [0.1, 0.15) is 0 Å². The maximum atomic E-state index is 12.2. The van der Waals surface area contributed by atoms with Crippen molar-refractivity contribution in [2.45, 2.75) is 32.2 Å². The second-order valence-corrected chi connectivity index (χ2v) is 6.99. The molecule has 6 heteroatoms. The first-order valence-corrected chi connectivity index (χ1v) is 9.76. The topological polar surface area (TPSA) is 76.0 Å². The van der Waals surface area contributed by atoms with Gasteiger partial charge in [0.05, 0.1) is 17.9 Å². The van der Waals surface area contributed by atoms with Gasteiger partial charge in [-0.2, -0.15) is 0 Å². The highest BCUT2D eigenvalue weighted by Crippen LogP contribution is 2.21. The molecule has 0 saturated carbocycles. The SMILES string of the molecule is C[C@H](NC(=O)CCCC(=O)Nc1ncc(-c2ccccc2)n1C)c1ccccc1. The van der Waals surface area contributed by atoms with Crippen LogP contribution in [0.5, 0.6) is 0 Å². The van der Waals surface area contributed by atoms with Crippen LogP contribution in [0, 0.1) is 0 Å². The molecule has 29 heavy (non-hydrogen) atoms. The smallest absolute Gasteiger partial charge is 0.226 e. The number of benzene rings is 2. The molecule has 3 aromatic rings. The molecular formula is C23H26N4O2. The highest BCUT2D eigenvalue weighted by atomic mass is 16.2. The van der Waals surface area contributed by atoms with E-state index in [4.69, 9.17) is 0 Å². The van der Waals surface area contributed by atoms with Gasteiger partial charge in [0, 0.05) is 19.9 Å². The highest BCUT2D eigenvalue weighted by Gasteiger charge is 2.13. The number of carbonyl (C=O) groups excluding carboxylic acids is 2. The fourth-order valence-electron chi connectivity index (χ4n) is 3.14. The summed E-state index contributed by atoms with van der Waals surface area (Å²) in [6, 6.07) is 19.6. The Labute approximate surface area is 171 Å². The average molecular weight is 390 g/mol. The zero-order valence-corrected chi connectivity index (χ0v) is 16.8. The van der Waals surface area contributed by atoms with Gasteiger partial charge in [-0.15, -0.1) is 0 Å². The van der Waals surface area contributed by atoms with E-state index in [2.05, 4.69) is 15.6 Å². The molecule has 0 aliphatic carbocycles. The second-order valence-electron chi connectivity index (χ2n) is 6.99. The lowest BCUT2D eigenvalue weighted by atomic mass is 10.1. The third-order valence-electron chi connectivity index (χ3n) is 4.79. The molecule has 0 unspecified atom stereocenters. The molecule has 3 rings (SSSR count). The van der Waals surface area contributed by atoms with E-state index in [9.17, 15) is 9.59 Å². The number of aromatic nitrogens is 2. The number of nitrogens with one attached hydrogen (secondary N) is 2. The minimum Gasteiger partial charge on any atom is -0.350 e. The van der Waals surface area contributed by atoms with Crippen LogP contribution in [0.25, 0.3) is 11.3 Å². The molecular weight excluding hydrogens is 364 g/mol. The van der Waals surface area contributed by atoms with Crippen molar-refractivity contribution in [1.82, 2.24) is 14.9 Å². The van der Waals surface area contributed by atoms with Gasteiger partial charge in [0.2, 0.25) is 17.8 Å². The lowest BCUT2D eigenvalue weighted by Gasteiger charge is -2.14. The quantitative estimate of drug-likeness (QED) is 0.609. The summed E-state index contributed by atoms with van der Waals surface area (Å²) in [7, 11) is 1.86. The van der Waals surface area contributed by atoms with Crippen LogP contribution in [-0.2, 0) is 16.6 Å². The number of amides is 2. The summed E-state index contributed by atoms with van der Waals surface area (Å²) in [5.41, 5.74) is 3.02. The Morgan fingerprint density at radius 3 is 2.28 bits per heavy atom. The molecule has 0 radical (unpaired) electrons. The van der Waals surface area contributed by atoms with Crippen LogP contribution >= 0.6 is 0 Å². The minimum atomic E-state index is -0.151. The zero-order valence-electron chi connectivity index (χ0n) is 16.8. The van der Waals surface area contributed by atoms with E-state index < -0.39 is 0 Å². The maximum Gasteiger partial charge on any atom is 0.226 e. The Morgan fingerprint density at radius 2 is 1.59 bits per heavy atom. The molecule has 0 spiro atoms. The predicted molar refractivity (Wildman–Crippen MR) is 114 cm³/mol. The Balaban J connectivity index is 1.45. The van der Waals surface area contributed by atoms with Crippen LogP contribution < -0.4 is 10.6 Å². The fraction of sp³-hybridized carbons (Fsp3) is 0.261. The first kappa shape index (κ1) is 20.3. The first-order valence-electron chi connectivity index (χ1n) is 9.76. The van der Waals surface area contributed by atoms with Crippen molar-refractivity contribution in [2.75, 3.05) is 5.32 Å². The maximum absolute atomic E-state index is 12.2. The number of hydrogen-bond donors (Lipinski definition) is 2. The first-order chi connectivity index (χ1) is 14.0. The summed E-state index contributed by atoms with van der Waals surface area (Å²) >= 11 is 0. The van der Waals surface area contributed by atoms with Gasteiger partial charge >= 0.3 is 0 Å². The van der Waals surface area contributed by atoms with Gasteiger partial charge in [-0.1, -0.05) is 60.7 Å². The van der Waals surface area contributed by atoms with Gasteiger partial charge in [0.25, 0.3) is 0 Å². The summed E-state index contributed by atoms with van der Waals surface area (Å²) in [6.07, 6.45) is 2.79. The van der Waals surface area contributed by atoms with Crippen LogP contribution in [0.4, 0.5) is 5.95 Å². The monoisotopic (exact) mass is 390 g/mol. The van der Waals surface area contributed by atoms with E-state index in [0.29, 0.717) is 18.8 Å². The lowest BCUT2D eigenvalue weighted by molar-refractivity contribution is -0.122. The lowest BCUT2D eigenvalue weighted by Crippen LogP contribution is -2.26. The molecule has 0 fully saturated rings. The summed E-state index contributed by atoms with van der Waals surface area (Å²) < 4.78 is 1.85. The van der Waals surface area contributed by atoms with Crippen LogP contribution in [0.15, 0.2) is 66.9 Å². The van der Waals surface area contributed by atoms with Crippen molar-refractivity contribution >= 4 is 17.8 Å². The Morgan fingerprint density at radius 1 is 0.966 bits per heavy atom. The number of anilines is 1. The van der Waals surface area contributed by atoms with Crippen molar-refractivity contribution in [3.63, 3.8) is 0 Å². The Hall–Kier alpha value is -3.41. The third kappa shape index (κ3) is 5.54. The van der Waals surface area contributed by atoms with Crippen molar-refractivity contribution in [2.24, 2.45) is 7.05 Å². The second kappa shape index (κ2) is 9.68. The van der Waals surface area contributed by atoms with Gasteiger partial charge in [-0.05, 0) is 24.5 Å². The third-order valence-corrected chi connectivity index (χ3v) is 4.79. The molecule has 1 heterocycles. The number of imidazole rings is 1. The van der Waals surface area contributed by atoms with Crippen molar-refractivity contribution in [1.29, 1.82) is 0 Å². The van der Waals surface area contributed by atoms with E-state index in [0.717, 1.165) is 16.8 Å². The Bertz CT molecular complexity index is 952. The van der Waals surface area contributed by atoms with Crippen LogP contribution in [0.2, 0.25) is 0 Å². The van der Waals surface area contributed by atoms with Gasteiger partial charge in [-0.25, -0.2) is 4.98 Å². The molecule has 0 saturated heterocycles. The molecule has 6 nitrogen and oxygen atoms in total. The molecule has 2 aromatic carbocycles. The number of hydrogen-bond acceptors (Lipinski definition) is 3. The fourth-order valence-corrected chi connectivity index (χ4v) is 3.14. The Kier molecular flexibility index (Phi) is 6.79. The van der Waals surface area contributed by atoms with E-state index in [1.165, 1.54) is 0 Å². The van der Waals surface area contributed by atoms with E-state index in [1.807, 2.05) is 79.2 Å². The number of nitrogens with zero attached hydrogens (tertiary/aromatic N) is 2. The van der Waals surface area contributed by atoms with Crippen molar-refractivity contribution in [3.8, 4) is 11.3 Å². The largest absolute Gasteiger partial charge is 0.350 e. The molecule has 1 aromatic heterocycles. The zero-order chi connectivity index (χ0) is 20.6. The predicted octanol–water partition coefficient (Wildman–Crippen LogP) is 4.07. The number of rotatable bonds is 8. The van der Waals surface area contributed by atoms with Crippen molar-refractivity contribution in [3.05, 3.63) is 72.4 Å². The van der Waals surface area contributed by atoms with Gasteiger partial charge < -0.3 is 9.88 Å². The molecule has 0 aliphatic heterocycles. The summed E-state index contributed by atoms with van der Waals surface area (Å²) in [6.45, 7) is 1.95. The normalized spacial score (nSPS) is 11.7. The average Bonchev–Trinajstić information content (AvgIpc) is 3.09. The molecule has 0 bridgehead atoms.